The van der Waals surface area contributed by atoms with Gasteiger partial charge in [-0.2, -0.15) is 0 Å². The van der Waals surface area contributed by atoms with Crippen LogP contribution in [0.15, 0.2) is 24.3 Å². The molecule has 1 aromatic rings. The average Bonchev–Trinajstić information content (AvgIpc) is 2.99. The van der Waals surface area contributed by atoms with Gasteiger partial charge >= 0.3 is 0 Å². The summed E-state index contributed by atoms with van der Waals surface area (Å²) < 4.78 is 1.05. The number of halogens is 1. The Morgan fingerprint density at radius 1 is 1.09 bits per heavy atom. The fourth-order valence-electron chi connectivity index (χ4n) is 3.16. The molecule has 0 N–H and O–H groups in total. The number of hydrogen-bond donors (Lipinski definition) is 0. The molecule has 0 aliphatic carbocycles. The van der Waals surface area contributed by atoms with Crippen molar-refractivity contribution in [2.75, 3.05) is 26.2 Å². The van der Waals surface area contributed by atoms with Crippen LogP contribution in [0.5, 0.6) is 0 Å². The smallest absolute Gasteiger partial charge is 0.260 e. The van der Waals surface area contributed by atoms with Crippen molar-refractivity contribution in [2.45, 2.75) is 40.2 Å². The molecule has 23 heavy (non-hydrogen) atoms. The van der Waals surface area contributed by atoms with Crippen molar-refractivity contribution in [2.24, 2.45) is 0 Å². The van der Waals surface area contributed by atoms with Crippen molar-refractivity contribution in [3.05, 3.63) is 35.4 Å². The Kier molecular flexibility index (Phi) is 7.23. The van der Waals surface area contributed by atoms with Gasteiger partial charge in [0.2, 0.25) is 5.91 Å². The van der Waals surface area contributed by atoms with E-state index in [0.29, 0.717) is 18.5 Å². The van der Waals surface area contributed by atoms with E-state index in [1.165, 1.54) is 10.5 Å². The third kappa shape index (κ3) is 4.33. The molecule has 0 unspecified atom stereocenters. The highest BCUT2D eigenvalue weighted by atomic mass is 35.5. The maximum atomic E-state index is 12.3. The zero-order valence-electron chi connectivity index (χ0n) is 14.3. The minimum Gasteiger partial charge on any atom is -1.00 e. The van der Waals surface area contributed by atoms with Crippen molar-refractivity contribution in [1.29, 1.82) is 0 Å². The van der Waals surface area contributed by atoms with Gasteiger partial charge in [-0.05, 0) is 39.3 Å². The molecular weight excluding hydrogens is 312 g/mol. The van der Waals surface area contributed by atoms with Crippen molar-refractivity contribution in [3.8, 4) is 0 Å². The Morgan fingerprint density at radius 2 is 1.65 bits per heavy atom. The molecule has 5 heteroatoms. The van der Waals surface area contributed by atoms with Crippen LogP contribution in [0.1, 0.15) is 49.5 Å². The van der Waals surface area contributed by atoms with Gasteiger partial charge in [0.1, 0.15) is 6.54 Å². The van der Waals surface area contributed by atoms with E-state index in [1.807, 2.05) is 24.3 Å². The number of imide groups is 1. The fraction of sp³-hybridized carbons (Fsp3) is 0.556. The van der Waals surface area contributed by atoms with Crippen molar-refractivity contribution in [3.63, 3.8) is 0 Å². The number of hydrogen-bond acceptors (Lipinski definition) is 2. The Bertz CT molecular complexity index is 530. The molecule has 0 aromatic heterocycles. The highest BCUT2D eigenvalue weighted by molar-refractivity contribution is 6.05. The maximum Gasteiger partial charge on any atom is 0.260 e. The molecule has 0 spiro atoms. The van der Waals surface area contributed by atoms with Crippen LogP contribution in [-0.2, 0) is 11.3 Å². The lowest BCUT2D eigenvalue weighted by Crippen LogP contribution is -3.00. The molecule has 2 amide bonds. The van der Waals surface area contributed by atoms with Crippen LogP contribution in [0.25, 0.3) is 0 Å². The summed E-state index contributed by atoms with van der Waals surface area (Å²) in [5.41, 5.74) is 1.86. The summed E-state index contributed by atoms with van der Waals surface area (Å²) in [6.07, 6.45) is 1.28. The van der Waals surface area contributed by atoms with E-state index in [-0.39, 0.29) is 24.2 Å². The largest absolute Gasteiger partial charge is 1.00 e. The first-order chi connectivity index (χ1) is 10.5. The lowest BCUT2D eigenvalue weighted by atomic mass is 10.1. The van der Waals surface area contributed by atoms with Crippen LogP contribution >= 0.6 is 0 Å². The number of rotatable bonds is 6. The molecule has 1 saturated heterocycles. The number of carbonyl (C=O) groups excluding carboxylic acids is 2. The molecule has 1 aliphatic heterocycles. The van der Waals surface area contributed by atoms with Gasteiger partial charge in [-0.25, -0.2) is 0 Å². The van der Waals surface area contributed by atoms with Gasteiger partial charge in [-0.15, -0.1) is 0 Å². The zero-order chi connectivity index (χ0) is 16.2. The third-order valence-corrected chi connectivity index (χ3v) is 5.05. The lowest BCUT2D eigenvalue weighted by molar-refractivity contribution is -0.936. The van der Waals surface area contributed by atoms with E-state index in [0.717, 1.165) is 37.1 Å². The second kappa shape index (κ2) is 8.46. The van der Waals surface area contributed by atoms with Gasteiger partial charge in [-0.3, -0.25) is 14.5 Å². The molecule has 1 fully saturated rings. The van der Waals surface area contributed by atoms with E-state index in [2.05, 4.69) is 20.8 Å². The number of amides is 2. The summed E-state index contributed by atoms with van der Waals surface area (Å²) in [5, 5.41) is 0. The van der Waals surface area contributed by atoms with Crippen LogP contribution in [0, 0.1) is 0 Å². The summed E-state index contributed by atoms with van der Waals surface area (Å²) in [4.78, 5) is 25.4. The summed E-state index contributed by atoms with van der Waals surface area (Å²) in [7, 11) is 0. The molecule has 1 heterocycles. The topological polar surface area (TPSA) is 37.4 Å². The van der Waals surface area contributed by atoms with Crippen molar-refractivity contribution in [1.82, 2.24) is 4.90 Å². The van der Waals surface area contributed by atoms with Crippen molar-refractivity contribution < 1.29 is 26.5 Å². The molecule has 1 aromatic carbocycles. The van der Waals surface area contributed by atoms with E-state index < -0.39 is 0 Å². The van der Waals surface area contributed by atoms with Crippen LogP contribution in [0.2, 0.25) is 0 Å². The molecule has 1 aliphatic rings. The maximum absolute atomic E-state index is 12.3. The number of likely N-dealkylation sites (tertiary alicyclic amines) is 1. The first-order valence-corrected chi connectivity index (χ1v) is 8.34. The SMILES string of the molecule is CC[N+](CC)(CC)Cc1ccc(C(=O)N2CCCC2=O)cc1.[Cl-]. The average molecular weight is 339 g/mol. The van der Waals surface area contributed by atoms with Gasteiger partial charge in [0.15, 0.2) is 0 Å². The van der Waals surface area contributed by atoms with E-state index in [9.17, 15) is 9.59 Å². The molecule has 0 atom stereocenters. The number of nitrogens with zero attached hydrogens (tertiary/aromatic N) is 2. The van der Waals surface area contributed by atoms with Gasteiger partial charge in [0.25, 0.3) is 5.91 Å². The Balaban J connectivity index is 0.00000264. The van der Waals surface area contributed by atoms with E-state index in [4.69, 9.17) is 0 Å². The Morgan fingerprint density at radius 3 is 2.09 bits per heavy atom. The van der Waals surface area contributed by atoms with Crippen LogP contribution in [0.4, 0.5) is 0 Å². The first-order valence-electron chi connectivity index (χ1n) is 8.34. The lowest BCUT2D eigenvalue weighted by Gasteiger charge is -2.35. The molecule has 0 saturated carbocycles. The number of quaternary nitrogens is 1. The Labute approximate surface area is 145 Å². The summed E-state index contributed by atoms with van der Waals surface area (Å²) in [5.74, 6) is -0.205. The first kappa shape index (κ1) is 19.7. The minimum atomic E-state index is -0.156. The van der Waals surface area contributed by atoms with Crippen LogP contribution in [0.3, 0.4) is 0 Å². The second-order valence-corrected chi connectivity index (χ2v) is 6.10. The molecule has 128 valence electrons. The number of carbonyl (C=O) groups is 2. The third-order valence-electron chi connectivity index (χ3n) is 5.05. The summed E-state index contributed by atoms with van der Waals surface area (Å²) in [6.45, 7) is 11.5. The van der Waals surface area contributed by atoms with Crippen LogP contribution < -0.4 is 12.4 Å². The highest BCUT2D eigenvalue weighted by Crippen LogP contribution is 2.18. The highest BCUT2D eigenvalue weighted by Gasteiger charge is 2.27. The molecule has 0 bridgehead atoms. The van der Waals surface area contributed by atoms with E-state index >= 15 is 0 Å². The monoisotopic (exact) mass is 338 g/mol. The van der Waals surface area contributed by atoms with Crippen molar-refractivity contribution >= 4 is 11.8 Å². The molecule has 2 rings (SSSR count). The summed E-state index contributed by atoms with van der Waals surface area (Å²) >= 11 is 0. The van der Waals surface area contributed by atoms with Gasteiger partial charge < -0.3 is 16.9 Å². The van der Waals surface area contributed by atoms with Crippen LogP contribution in [-0.4, -0.2) is 47.4 Å². The molecule has 4 nitrogen and oxygen atoms in total. The summed E-state index contributed by atoms with van der Waals surface area (Å²) in [6, 6.07) is 7.78. The number of benzene rings is 1. The van der Waals surface area contributed by atoms with Gasteiger partial charge in [0, 0.05) is 24.1 Å². The predicted octanol–water partition coefficient (Wildman–Crippen LogP) is -0.170. The fourth-order valence-corrected chi connectivity index (χ4v) is 3.16. The molecular formula is C18H27ClN2O2. The van der Waals surface area contributed by atoms with E-state index in [1.54, 1.807) is 0 Å². The zero-order valence-corrected chi connectivity index (χ0v) is 15.1. The van der Waals surface area contributed by atoms with Gasteiger partial charge in [-0.1, -0.05) is 12.1 Å². The van der Waals surface area contributed by atoms with Gasteiger partial charge in [0.05, 0.1) is 19.6 Å². The normalized spacial score (nSPS) is 14.7. The predicted molar refractivity (Wildman–Crippen MR) is 87.3 cm³/mol. The second-order valence-electron chi connectivity index (χ2n) is 6.10. The Hall–Kier alpha value is -1.39. The molecule has 0 radical (unpaired) electrons. The standard InChI is InChI=1S/C18H27N2O2.ClH/c1-4-20(5-2,6-3)14-15-9-11-16(12-10-15)18(22)19-13-7-8-17(19)21;/h9-12H,4-8,13-14H2,1-3H3;1H/q+1;/p-1. The minimum absolute atomic E-state index is 0. The quantitative estimate of drug-likeness (QED) is 0.533.